The van der Waals surface area contributed by atoms with E-state index in [4.69, 9.17) is 0 Å². The van der Waals surface area contributed by atoms with Crippen LogP contribution in [-0.4, -0.2) is 5.78 Å². The van der Waals surface area contributed by atoms with Crippen molar-refractivity contribution in [1.29, 1.82) is 0 Å². The van der Waals surface area contributed by atoms with Crippen LogP contribution in [-0.2, 0) is 4.79 Å². The lowest BCUT2D eigenvalue weighted by Gasteiger charge is -1.96. The predicted octanol–water partition coefficient (Wildman–Crippen LogP) is 4.38. The molecule has 0 saturated carbocycles. The predicted molar refractivity (Wildman–Crippen MR) is 71.4 cm³/mol. The van der Waals surface area contributed by atoms with Gasteiger partial charge in [-0.25, -0.2) is 0 Å². The van der Waals surface area contributed by atoms with E-state index in [1.165, 1.54) is 11.1 Å². The molecule has 0 N–H and O–H groups in total. The van der Waals surface area contributed by atoms with Gasteiger partial charge in [-0.2, -0.15) is 0 Å². The summed E-state index contributed by atoms with van der Waals surface area (Å²) in [7, 11) is 0. The highest BCUT2D eigenvalue weighted by Crippen LogP contribution is 2.06. The van der Waals surface area contributed by atoms with E-state index in [2.05, 4.69) is 32.9 Å². The van der Waals surface area contributed by atoms with Crippen LogP contribution in [0.1, 0.15) is 41.5 Å². The molecule has 0 aliphatic rings. The fourth-order valence-corrected chi connectivity index (χ4v) is 0.852. The maximum absolute atomic E-state index is 11.0. The molecule has 0 spiro atoms. The highest BCUT2D eigenvalue weighted by atomic mass is 16.1. The van der Waals surface area contributed by atoms with Crippen LogP contribution in [0.15, 0.2) is 46.6 Å². The second-order valence-corrected chi connectivity index (χ2v) is 4.33. The molecule has 0 fully saturated rings. The first-order valence-corrected chi connectivity index (χ1v) is 5.53. The van der Waals surface area contributed by atoms with Crippen LogP contribution >= 0.6 is 0 Å². The largest absolute Gasteiger partial charge is 0.295 e. The first-order chi connectivity index (χ1) is 7.34. The fraction of sp³-hybridized carbons (Fsp3) is 0.400. The smallest absolute Gasteiger partial charge is 0.155 e. The van der Waals surface area contributed by atoms with E-state index in [-0.39, 0.29) is 5.78 Å². The third kappa shape index (κ3) is 6.18. The van der Waals surface area contributed by atoms with Gasteiger partial charge in [-0.05, 0) is 47.1 Å². The Morgan fingerprint density at radius 3 is 1.81 bits per heavy atom. The molecule has 0 aliphatic heterocycles. The van der Waals surface area contributed by atoms with Crippen LogP contribution in [0.25, 0.3) is 0 Å². The summed E-state index contributed by atoms with van der Waals surface area (Å²) in [6, 6.07) is 0. The van der Waals surface area contributed by atoms with Crippen molar-refractivity contribution < 1.29 is 4.79 Å². The lowest BCUT2D eigenvalue weighted by molar-refractivity contribution is -0.113. The summed E-state index contributed by atoms with van der Waals surface area (Å²) < 4.78 is 0. The van der Waals surface area contributed by atoms with E-state index in [9.17, 15) is 4.79 Å². The molecule has 16 heavy (non-hydrogen) atoms. The molecule has 0 saturated heterocycles. The monoisotopic (exact) mass is 218 g/mol. The Morgan fingerprint density at radius 2 is 1.38 bits per heavy atom. The summed E-state index contributed by atoms with van der Waals surface area (Å²) in [4.78, 5) is 11.0. The van der Waals surface area contributed by atoms with Gasteiger partial charge in [0.1, 0.15) is 0 Å². The Hall–Kier alpha value is -1.37. The Kier molecular flexibility index (Phi) is 6.40. The van der Waals surface area contributed by atoms with E-state index in [0.717, 1.165) is 11.1 Å². The van der Waals surface area contributed by atoms with Crippen molar-refractivity contribution in [2.24, 2.45) is 0 Å². The van der Waals surface area contributed by atoms with Gasteiger partial charge in [-0.3, -0.25) is 4.79 Å². The zero-order valence-corrected chi connectivity index (χ0v) is 11.2. The number of ketones is 1. The van der Waals surface area contributed by atoms with Crippen LogP contribution in [0.4, 0.5) is 0 Å². The molecule has 0 rings (SSSR count). The number of rotatable bonds is 4. The van der Waals surface area contributed by atoms with Crippen molar-refractivity contribution in [3.05, 3.63) is 46.6 Å². The highest BCUT2D eigenvalue weighted by Gasteiger charge is 1.92. The molecule has 0 aromatic rings. The number of hydrogen-bond donors (Lipinski definition) is 0. The summed E-state index contributed by atoms with van der Waals surface area (Å²) in [6.07, 6.45) is 7.98. The maximum Gasteiger partial charge on any atom is 0.155 e. The molecule has 0 amide bonds. The summed E-state index contributed by atoms with van der Waals surface area (Å²) >= 11 is 0. The Morgan fingerprint density at radius 1 is 0.812 bits per heavy atom. The third-order valence-corrected chi connectivity index (χ3v) is 2.54. The van der Waals surface area contributed by atoms with Gasteiger partial charge >= 0.3 is 0 Å². The van der Waals surface area contributed by atoms with E-state index < -0.39 is 0 Å². The summed E-state index contributed by atoms with van der Waals surface area (Å²) in [5, 5.41) is 0. The lowest BCUT2D eigenvalue weighted by Crippen LogP contribution is -1.89. The van der Waals surface area contributed by atoms with Gasteiger partial charge in [-0.1, -0.05) is 41.0 Å². The van der Waals surface area contributed by atoms with Gasteiger partial charge in [0.15, 0.2) is 5.78 Å². The average Bonchev–Trinajstić information content (AvgIpc) is 2.21. The fourth-order valence-electron chi connectivity index (χ4n) is 0.852. The quantitative estimate of drug-likeness (QED) is 0.505. The standard InChI is InChI=1S/C15H22O/c1-11(2)13(4)9-7-12(3)8-10-14(5)15(6)16/h7-10H,1-6H3/b9-7?,12-8?,14-10-. The van der Waals surface area contributed by atoms with Crippen molar-refractivity contribution >= 4 is 5.78 Å². The zero-order chi connectivity index (χ0) is 12.7. The second-order valence-electron chi connectivity index (χ2n) is 4.33. The van der Waals surface area contributed by atoms with Crippen LogP contribution in [0.2, 0.25) is 0 Å². The Balaban J connectivity index is 4.66. The lowest BCUT2D eigenvalue weighted by atomic mass is 10.1. The molecule has 0 radical (unpaired) electrons. The van der Waals surface area contributed by atoms with Gasteiger partial charge < -0.3 is 0 Å². The van der Waals surface area contributed by atoms with Gasteiger partial charge in [0.05, 0.1) is 0 Å². The van der Waals surface area contributed by atoms with Crippen molar-refractivity contribution in [2.75, 3.05) is 0 Å². The van der Waals surface area contributed by atoms with Crippen LogP contribution in [0.5, 0.6) is 0 Å². The molecule has 88 valence electrons. The molecule has 1 nitrogen and oxygen atoms in total. The number of hydrogen-bond acceptors (Lipinski definition) is 1. The average molecular weight is 218 g/mol. The Bertz CT molecular complexity index is 372. The van der Waals surface area contributed by atoms with Gasteiger partial charge in [0.2, 0.25) is 0 Å². The topological polar surface area (TPSA) is 17.1 Å². The van der Waals surface area contributed by atoms with Crippen molar-refractivity contribution in [2.45, 2.75) is 41.5 Å². The van der Waals surface area contributed by atoms with Gasteiger partial charge in [0.25, 0.3) is 0 Å². The minimum atomic E-state index is 0.119. The zero-order valence-electron chi connectivity index (χ0n) is 11.2. The SMILES string of the molecule is CC(=O)/C(C)=C\C=C(C)C=CC(C)=C(C)C. The highest BCUT2D eigenvalue weighted by molar-refractivity contribution is 5.92. The van der Waals surface area contributed by atoms with E-state index in [1.807, 2.05) is 26.0 Å². The molecule has 0 unspecified atom stereocenters. The molecular formula is C15H22O. The molecule has 0 bridgehead atoms. The number of carbonyl (C=O) groups excluding carboxylic acids is 1. The molecule has 1 heteroatoms. The summed E-state index contributed by atoms with van der Waals surface area (Å²) in [6.45, 7) is 11.7. The molecule has 0 heterocycles. The normalized spacial score (nSPS) is 13.1. The van der Waals surface area contributed by atoms with Gasteiger partial charge in [0, 0.05) is 0 Å². The van der Waals surface area contributed by atoms with Gasteiger partial charge in [-0.15, -0.1) is 0 Å². The number of carbonyl (C=O) groups is 1. The first kappa shape index (κ1) is 14.6. The molecular weight excluding hydrogens is 196 g/mol. The van der Waals surface area contributed by atoms with Crippen LogP contribution in [0, 0.1) is 0 Å². The molecule has 0 aliphatic carbocycles. The molecule has 0 atom stereocenters. The van der Waals surface area contributed by atoms with E-state index in [0.29, 0.717) is 0 Å². The maximum atomic E-state index is 11.0. The van der Waals surface area contributed by atoms with Crippen molar-refractivity contribution in [1.82, 2.24) is 0 Å². The van der Waals surface area contributed by atoms with Crippen molar-refractivity contribution in [3.63, 3.8) is 0 Å². The summed E-state index contributed by atoms with van der Waals surface area (Å²) in [5.74, 6) is 0.119. The second kappa shape index (κ2) is 7.00. The Labute approximate surface area is 99.3 Å². The van der Waals surface area contributed by atoms with Crippen molar-refractivity contribution in [3.8, 4) is 0 Å². The van der Waals surface area contributed by atoms with E-state index >= 15 is 0 Å². The molecule has 0 aromatic carbocycles. The first-order valence-electron chi connectivity index (χ1n) is 5.53. The number of Topliss-reactive ketones (excluding diaryl/α,β-unsaturated/α-hetero) is 1. The minimum Gasteiger partial charge on any atom is -0.295 e. The van der Waals surface area contributed by atoms with E-state index in [1.54, 1.807) is 6.92 Å². The third-order valence-electron chi connectivity index (χ3n) is 2.54. The van der Waals surface area contributed by atoms with Crippen LogP contribution < -0.4 is 0 Å². The van der Waals surface area contributed by atoms with Crippen LogP contribution in [0.3, 0.4) is 0 Å². The molecule has 0 aromatic heterocycles. The summed E-state index contributed by atoms with van der Waals surface area (Å²) in [5.41, 5.74) is 4.52. The minimum absolute atomic E-state index is 0.119. The number of allylic oxidation sites excluding steroid dienone is 8.